The third-order valence-corrected chi connectivity index (χ3v) is 5.18. The second-order valence-electron chi connectivity index (χ2n) is 7.09. The maximum atomic E-state index is 12.4. The normalized spacial score (nSPS) is 14.7. The molecule has 0 saturated carbocycles. The van der Waals surface area contributed by atoms with E-state index in [1.54, 1.807) is 34.0 Å². The van der Waals surface area contributed by atoms with Gasteiger partial charge in [0.05, 0.1) is 12.7 Å². The molecule has 0 unspecified atom stereocenters. The number of carbonyl (C=O) groups is 1. The van der Waals surface area contributed by atoms with Crippen LogP contribution in [0.5, 0.6) is 5.75 Å². The Morgan fingerprint density at radius 1 is 1.14 bits per heavy atom. The first kappa shape index (κ1) is 18.9. The summed E-state index contributed by atoms with van der Waals surface area (Å²) in [5.41, 5.74) is 0.852. The van der Waals surface area contributed by atoms with Crippen molar-refractivity contribution in [3.05, 3.63) is 76.7 Å². The van der Waals surface area contributed by atoms with Gasteiger partial charge in [-0.05, 0) is 30.5 Å². The molecule has 29 heavy (non-hydrogen) atoms. The molecule has 1 aliphatic heterocycles. The first-order chi connectivity index (χ1) is 14.2. The Hall–Kier alpha value is -3.42. The van der Waals surface area contributed by atoms with Crippen molar-refractivity contribution >= 4 is 5.91 Å². The molecule has 1 aliphatic rings. The van der Waals surface area contributed by atoms with E-state index in [1.165, 1.54) is 0 Å². The summed E-state index contributed by atoms with van der Waals surface area (Å²) >= 11 is 0. The van der Waals surface area contributed by atoms with Gasteiger partial charge < -0.3 is 9.64 Å². The molecule has 0 atom stereocenters. The molecule has 1 amide bonds. The van der Waals surface area contributed by atoms with E-state index in [2.05, 4.69) is 15.2 Å². The fraction of sp³-hybridized carbons (Fsp3) is 0.333. The van der Waals surface area contributed by atoms with Crippen LogP contribution in [-0.2, 0) is 11.3 Å². The topological polar surface area (TPSA) is 93.1 Å². The van der Waals surface area contributed by atoms with Crippen LogP contribution in [0.3, 0.4) is 0 Å². The predicted molar refractivity (Wildman–Crippen MR) is 107 cm³/mol. The molecule has 2 aromatic heterocycles. The number of ether oxygens (including phenoxy) is 1. The van der Waals surface area contributed by atoms with E-state index in [4.69, 9.17) is 4.74 Å². The molecule has 1 aromatic carbocycles. The molecule has 0 bridgehead atoms. The van der Waals surface area contributed by atoms with E-state index in [1.807, 2.05) is 30.3 Å². The predicted octanol–water partition coefficient (Wildman–Crippen LogP) is 1.80. The summed E-state index contributed by atoms with van der Waals surface area (Å²) < 4.78 is 7.20. The molecule has 8 nitrogen and oxygen atoms in total. The van der Waals surface area contributed by atoms with Crippen molar-refractivity contribution in [3.8, 4) is 5.75 Å². The Labute approximate surface area is 168 Å². The Bertz CT molecular complexity index is 992. The molecule has 4 rings (SSSR count). The standard InChI is InChI=1S/C21H23N5O3/c27-19(15-29-18-7-4-10-22-13-18)25-11-8-17(9-12-25)20-23-24-21(28)26(20)14-16-5-2-1-3-6-16/h1-7,10,13,17H,8-9,11-12,14-15H2,(H,24,28). The number of pyridine rings is 1. The summed E-state index contributed by atoms with van der Waals surface area (Å²) in [6.45, 7) is 1.72. The molecule has 0 radical (unpaired) electrons. The van der Waals surface area contributed by atoms with Crippen molar-refractivity contribution in [2.75, 3.05) is 19.7 Å². The van der Waals surface area contributed by atoms with Crippen LogP contribution in [0.25, 0.3) is 0 Å². The number of nitrogens with one attached hydrogen (secondary N) is 1. The lowest BCUT2D eigenvalue weighted by atomic mass is 9.95. The number of aromatic amines is 1. The summed E-state index contributed by atoms with van der Waals surface area (Å²) in [7, 11) is 0. The van der Waals surface area contributed by atoms with Crippen LogP contribution in [0.2, 0.25) is 0 Å². The number of H-pyrrole nitrogens is 1. The highest BCUT2D eigenvalue weighted by molar-refractivity contribution is 5.77. The van der Waals surface area contributed by atoms with Gasteiger partial charge in [0.25, 0.3) is 5.91 Å². The number of hydrogen-bond acceptors (Lipinski definition) is 5. The molecular weight excluding hydrogens is 370 g/mol. The maximum Gasteiger partial charge on any atom is 0.343 e. The molecule has 1 fully saturated rings. The summed E-state index contributed by atoms with van der Waals surface area (Å²) in [5, 5.41) is 6.85. The highest BCUT2D eigenvalue weighted by atomic mass is 16.5. The van der Waals surface area contributed by atoms with Crippen molar-refractivity contribution in [1.82, 2.24) is 24.6 Å². The zero-order chi connectivity index (χ0) is 20.1. The Balaban J connectivity index is 1.35. The summed E-state index contributed by atoms with van der Waals surface area (Å²) in [6, 6.07) is 13.4. The number of rotatable bonds is 6. The van der Waals surface area contributed by atoms with Crippen LogP contribution >= 0.6 is 0 Å². The smallest absolute Gasteiger partial charge is 0.343 e. The molecule has 3 heterocycles. The van der Waals surface area contributed by atoms with Gasteiger partial charge in [0.2, 0.25) is 0 Å². The molecule has 0 aliphatic carbocycles. The van der Waals surface area contributed by atoms with Crippen molar-refractivity contribution in [2.45, 2.75) is 25.3 Å². The number of likely N-dealkylation sites (tertiary alicyclic amines) is 1. The number of piperidine rings is 1. The number of carbonyl (C=O) groups excluding carboxylic acids is 1. The van der Waals surface area contributed by atoms with Crippen LogP contribution in [0.15, 0.2) is 59.7 Å². The van der Waals surface area contributed by atoms with Crippen molar-refractivity contribution in [2.24, 2.45) is 0 Å². The Kier molecular flexibility index (Phi) is 5.69. The zero-order valence-electron chi connectivity index (χ0n) is 16.0. The van der Waals surface area contributed by atoms with E-state index < -0.39 is 0 Å². The quantitative estimate of drug-likeness (QED) is 0.689. The summed E-state index contributed by atoms with van der Waals surface area (Å²) in [5.74, 6) is 1.44. The largest absolute Gasteiger partial charge is 0.482 e. The second kappa shape index (κ2) is 8.72. The molecule has 3 aromatic rings. The van der Waals surface area contributed by atoms with Gasteiger partial charge in [-0.2, -0.15) is 5.10 Å². The van der Waals surface area contributed by atoms with Gasteiger partial charge in [0, 0.05) is 25.2 Å². The molecule has 8 heteroatoms. The van der Waals surface area contributed by atoms with Gasteiger partial charge in [-0.3, -0.25) is 14.3 Å². The minimum Gasteiger partial charge on any atom is -0.482 e. The number of nitrogens with zero attached hydrogens (tertiary/aromatic N) is 4. The highest BCUT2D eigenvalue weighted by Crippen LogP contribution is 2.26. The molecular formula is C21H23N5O3. The average molecular weight is 393 g/mol. The van der Waals surface area contributed by atoms with Crippen LogP contribution < -0.4 is 10.4 Å². The van der Waals surface area contributed by atoms with E-state index in [0.29, 0.717) is 25.4 Å². The monoisotopic (exact) mass is 393 g/mol. The van der Waals surface area contributed by atoms with Crippen molar-refractivity contribution < 1.29 is 9.53 Å². The second-order valence-corrected chi connectivity index (χ2v) is 7.09. The van der Waals surface area contributed by atoms with Crippen LogP contribution in [0.4, 0.5) is 0 Å². The fourth-order valence-electron chi connectivity index (χ4n) is 3.62. The fourth-order valence-corrected chi connectivity index (χ4v) is 3.62. The van der Waals surface area contributed by atoms with Gasteiger partial charge >= 0.3 is 5.69 Å². The highest BCUT2D eigenvalue weighted by Gasteiger charge is 2.27. The van der Waals surface area contributed by atoms with E-state index in [-0.39, 0.29) is 24.1 Å². The van der Waals surface area contributed by atoms with Gasteiger partial charge in [-0.25, -0.2) is 9.89 Å². The number of hydrogen-bond donors (Lipinski definition) is 1. The van der Waals surface area contributed by atoms with Crippen LogP contribution in [0, 0.1) is 0 Å². The molecule has 150 valence electrons. The van der Waals surface area contributed by atoms with Gasteiger partial charge in [0.1, 0.15) is 11.6 Å². The average Bonchev–Trinajstić information content (AvgIpc) is 3.14. The first-order valence-electron chi connectivity index (χ1n) is 9.70. The minimum absolute atomic E-state index is 0.00250. The van der Waals surface area contributed by atoms with Crippen molar-refractivity contribution in [3.63, 3.8) is 0 Å². The third kappa shape index (κ3) is 4.53. The molecule has 0 spiro atoms. The van der Waals surface area contributed by atoms with Gasteiger partial charge in [-0.15, -0.1) is 0 Å². The molecule has 1 saturated heterocycles. The summed E-state index contributed by atoms with van der Waals surface area (Å²) in [4.78, 5) is 30.4. The van der Waals surface area contributed by atoms with Gasteiger partial charge in [-0.1, -0.05) is 30.3 Å². The lowest BCUT2D eigenvalue weighted by molar-refractivity contribution is -0.134. The van der Waals surface area contributed by atoms with E-state index in [0.717, 1.165) is 24.2 Å². The SMILES string of the molecule is O=C(COc1cccnc1)N1CCC(c2n[nH]c(=O)n2Cc2ccccc2)CC1. The lowest BCUT2D eigenvalue weighted by Crippen LogP contribution is -2.41. The molecule has 1 N–H and O–H groups in total. The minimum atomic E-state index is -0.202. The maximum absolute atomic E-state index is 12.4. The van der Waals surface area contributed by atoms with Crippen LogP contribution in [0.1, 0.15) is 30.1 Å². The third-order valence-electron chi connectivity index (χ3n) is 5.18. The van der Waals surface area contributed by atoms with Crippen LogP contribution in [-0.4, -0.2) is 50.3 Å². The lowest BCUT2D eigenvalue weighted by Gasteiger charge is -2.31. The van der Waals surface area contributed by atoms with Crippen molar-refractivity contribution in [1.29, 1.82) is 0 Å². The summed E-state index contributed by atoms with van der Waals surface area (Å²) in [6.07, 6.45) is 4.77. The number of aromatic nitrogens is 4. The Morgan fingerprint density at radius 3 is 2.66 bits per heavy atom. The number of benzene rings is 1. The Morgan fingerprint density at radius 2 is 1.93 bits per heavy atom. The van der Waals surface area contributed by atoms with E-state index in [9.17, 15) is 9.59 Å². The number of amides is 1. The van der Waals surface area contributed by atoms with Gasteiger partial charge in [0.15, 0.2) is 6.61 Å². The van der Waals surface area contributed by atoms with E-state index >= 15 is 0 Å². The first-order valence-corrected chi connectivity index (χ1v) is 9.70. The zero-order valence-corrected chi connectivity index (χ0v) is 16.0.